The van der Waals surface area contributed by atoms with E-state index in [9.17, 15) is 8.42 Å². The maximum Gasteiger partial charge on any atom is 0.261 e. The highest BCUT2D eigenvalue weighted by Crippen LogP contribution is 2.29. The van der Waals surface area contributed by atoms with E-state index in [-0.39, 0.29) is 4.90 Å². The van der Waals surface area contributed by atoms with Crippen LogP contribution in [0, 0.1) is 6.92 Å². The van der Waals surface area contributed by atoms with Gasteiger partial charge in [0.05, 0.1) is 16.3 Å². The van der Waals surface area contributed by atoms with Crippen LogP contribution < -0.4 is 10.0 Å². The van der Waals surface area contributed by atoms with Gasteiger partial charge in [0.25, 0.3) is 10.0 Å². The van der Waals surface area contributed by atoms with E-state index in [4.69, 9.17) is 0 Å². The summed E-state index contributed by atoms with van der Waals surface area (Å²) in [4.78, 5) is 0.233. The lowest BCUT2D eigenvalue weighted by atomic mass is 10.2. The SMILES string of the molecule is Cc1ccc(S(=O)(=O)Nc2cc(Br)ccc2NCc2ccccc2)cc1. The third kappa shape index (κ3) is 4.65. The van der Waals surface area contributed by atoms with Gasteiger partial charge < -0.3 is 5.32 Å². The fourth-order valence-corrected chi connectivity index (χ4v) is 3.90. The number of nitrogens with one attached hydrogen (secondary N) is 2. The monoisotopic (exact) mass is 430 g/mol. The second-order valence-corrected chi connectivity index (χ2v) is 8.55. The number of rotatable bonds is 6. The first-order chi connectivity index (χ1) is 12.4. The number of anilines is 2. The van der Waals surface area contributed by atoms with Crippen molar-refractivity contribution >= 4 is 37.3 Å². The van der Waals surface area contributed by atoms with E-state index in [1.807, 2.05) is 49.4 Å². The topological polar surface area (TPSA) is 58.2 Å². The summed E-state index contributed by atoms with van der Waals surface area (Å²) in [6.45, 7) is 2.52. The van der Waals surface area contributed by atoms with Crippen LogP contribution in [0.5, 0.6) is 0 Å². The summed E-state index contributed by atoms with van der Waals surface area (Å²) in [5, 5.41) is 3.29. The van der Waals surface area contributed by atoms with E-state index >= 15 is 0 Å². The molecule has 0 spiro atoms. The molecule has 0 aliphatic carbocycles. The van der Waals surface area contributed by atoms with Crippen molar-refractivity contribution < 1.29 is 8.42 Å². The molecule has 0 saturated heterocycles. The zero-order valence-corrected chi connectivity index (χ0v) is 16.6. The molecule has 0 aliphatic heterocycles. The predicted octanol–water partition coefficient (Wildman–Crippen LogP) is 5.17. The Bertz CT molecular complexity index is 988. The number of hydrogen-bond donors (Lipinski definition) is 2. The molecule has 134 valence electrons. The number of sulfonamides is 1. The largest absolute Gasteiger partial charge is 0.379 e. The van der Waals surface area contributed by atoms with Gasteiger partial charge in [-0.1, -0.05) is 64.0 Å². The fraction of sp³-hybridized carbons (Fsp3) is 0.100. The maximum atomic E-state index is 12.7. The van der Waals surface area contributed by atoms with Crippen LogP contribution in [-0.4, -0.2) is 8.42 Å². The number of aryl methyl sites for hydroxylation is 1. The molecule has 3 aromatic carbocycles. The Morgan fingerprint density at radius 2 is 1.58 bits per heavy atom. The number of benzene rings is 3. The van der Waals surface area contributed by atoms with E-state index in [2.05, 4.69) is 26.0 Å². The smallest absolute Gasteiger partial charge is 0.261 e. The van der Waals surface area contributed by atoms with E-state index in [0.717, 1.165) is 15.6 Å². The third-order valence-corrected chi connectivity index (χ3v) is 5.76. The standard InChI is InChI=1S/C20H19BrN2O2S/c1-15-7-10-18(11-8-15)26(24,25)23-20-13-17(21)9-12-19(20)22-14-16-5-3-2-4-6-16/h2-13,22-23H,14H2,1H3. The average Bonchev–Trinajstić information content (AvgIpc) is 2.62. The Balaban J connectivity index is 1.84. The quantitative estimate of drug-likeness (QED) is 0.566. The molecule has 6 heteroatoms. The van der Waals surface area contributed by atoms with Gasteiger partial charge in [-0.05, 0) is 42.8 Å². The molecule has 26 heavy (non-hydrogen) atoms. The normalized spacial score (nSPS) is 11.2. The van der Waals surface area contributed by atoms with Gasteiger partial charge in [0, 0.05) is 11.0 Å². The van der Waals surface area contributed by atoms with Crippen LogP contribution in [0.15, 0.2) is 82.2 Å². The Morgan fingerprint density at radius 3 is 2.27 bits per heavy atom. The molecule has 0 radical (unpaired) electrons. The van der Waals surface area contributed by atoms with Gasteiger partial charge in [-0.3, -0.25) is 4.72 Å². The zero-order valence-electron chi connectivity index (χ0n) is 14.2. The molecule has 0 aliphatic rings. The molecule has 0 fully saturated rings. The molecule has 3 aromatic rings. The second kappa shape index (κ2) is 7.93. The summed E-state index contributed by atoms with van der Waals surface area (Å²) in [5.41, 5.74) is 3.34. The minimum atomic E-state index is -3.66. The molecule has 0 heterocycles. The summed E-state index contributed by atoms with van der Waals surface area (Å²) in [7, 11) is -3.66. The van der Waals surface area contributed by atoms with Crippen LogP contribution in [0.1, 0.15) is 11.1 Å². The van der Waals surface area contributed by atoms with E-state index in [1.54, 1.807) is 30.3 Å². The van der Waals surface area contributed by atoms with E-state index in [0.29, 0.717) is 17.9 Å². The van der Waals surface area contributed by atoms with Gasteiger partial charge in [-0.15, -0.1) is 0 Å². The minimum absolute atomic E-state index is 0.233. The van der Waals surface area contributed by atoms with Crippen molar-refractivity contribution in [2.75, 3.05) is 10.0 Å². The summed E-state index contributed by atoms with van der Waals surface area (Å²) < 4.78 is 28.9. The molecule has 0 atom stereocenters. The van der Waals surface area contributed by atoms with E-state index < -0.39 is 10.0 Å². The number of halogens is 1. The Hall–Kier alpha value is -2.31. The molecule has 4 nitrogen and oxygen atoms in total. The van der Waals surface area contributed by atoms with Crippen LogP contribution in [0.25, 0.3) is 0 Å². The van der Waals surface area contributed by atoms with Crippen molar-refractivity contribution in [2.45, 2.75) is 18.4 Å². The van der Waals surface area contributed by atoms with Crippen LogP contribution in [0.2, 0.25) is 0 Å². The highest BCUT2D eigenvalue weighted by Gasteiger charge is 2.16. The molecule has 0 amide bonds. The summed E-state index contributed by atoms with van der Waals surface area (Å²) in [6.07, 6.45) is 0. The maximum absolute atomic E-state index is 12.7. The molecule has 3 rings (SSSR count). The lowest BCUT2D eigenvalue weighted by Gasteiger charge is -2.15. The van der Waals surface area contributed by atoms with Crippen molar-refractivity contribution in [3.05, 3.63) is 88.4 Å². The first-order valence-corrected chi connectivity index (χ1v) is 10.4. The fourth-order valence-electron chi connectivity index (χ4n) is 2.47. The second-order valence-electron chi connectivity index (χ2n) is 5.95. The van der Waals surface area contributed by atoms with Crippen LogP contribution in [-0.2, 0) is 16.6 Å². The van der Waals surface area contributed by atoms with Crippen LogP contribution in [0.4, 0.5) is 11.4 Å². The molecule has 0 unspecified atom stereocenters. The van der Waals surface area contributed by atoms with Crippen molar-refractivity contribution in [2.24, 2.45) is 0 Å². The molecular formula is C20H19BrN2O2S. The van der Waals surface area contributed by atoms with Crippen molar-refractivity contribution in [3.8, 4) is 0 Å². The van der Waals surface area contributed by atoms with Gasteiger partial charge >= 0.3 is 0 Å². The minimum Gasteiger partial charge on any atom is -0.379 e. The number of hydrogen-bond acceptors (Lipinski definition) is 3. The predicted molar refractivity (Wildman–Crippen MR) is 110 cm³/mol. The first kappa shape index (κ1) is 18.5. The third-order valence-electron chi connectivity index (χ3n) is 3.88. The van der Waals surface area contributed by atoms with Gasteiger partial charge in [0.15, 0.2) is 0 Å². The summed E-state index contributed by atoms with van der Waals surface area (Å²) in [5.74, 6) is 0. The molecular weight excluding hydrogens is 412 g/mol. The van der Waals surface area contributed by atoms with Gasteiger partial charge in [0.2, 0.25) is 0 Å². The highest BCUT2D eigenvalue weighted by molar-refractivity contribution is 9.10. The molecule has 0 saturated carbocycles. The Morgan fingerprint density at radius 1 is 0.885 bits per heavy atom. The lowest BCUT2D eigenvalue weighted by molar-refractivity contribution is 0.601. The van der Waals surface area contributed by atoms with Crippen molar-refractivity contribution in [3.63, 3.8) is 0 Å². The lowest BCUT2D eigenvalue weighted by Crippen LogP contribution is -2.14. The Kier molecular flexibility index (Phi) is 5.64. The molecule has 0 bridgehead atoms. The van der Waals surface area contributed by atoms with Gasteiger partial charge in [0.1, 0.15) is 0 Å². The van der Waals surface area contributed by atoms with Gasteiger partial charge in [-0.2, -0.15) is 0 Å². The highest BCUT2D eigenvalue weighted by atomic mass is 79.9. The Labute approximate surface area is 162 Å². The van der Waals surface area contributed by atoms with E-state index in [1.165, 1.54) is 0 Å². The summed E-state index contributed by atoms with van der Waals surface area (Å²) >= 11 is 3.40. The first-order valence-electron chi connectivity index (χ1n) is 8.11. The van der Waals surface area contributed by atoms with Crippen LogP contribution in [0.3, 0.4) is 0 Å². The van der Waals surface area contributed by atoms with Crippen LogP contribution >= 0.6 is 15.9 Å². The zero-order chi connectivity index (χ0) is 18.6. The van der Waals surface area contributed by atoms with Crippen molar-refractivity contribution in [1.29, 1.82) is 0 Å². The molecule has 0 aromatic heterocycles. The molecule has 2 N–H and O–H groups in total. The summed E-state index contributed by atoms with van der Waals surface area (Å²) in [6, 6.07) is 22.2. The van der Waals surface area contributed by atoms with Crippen molar-refractivity contribution in [1.82, 2.24) is 0 Å². The van der Waals surface area contributed by atoms with Gasteiger partial charge in [-0.25, -0.2) is 8.42 Å². The average molecular weight is 431 g/mol.